The minimum absolute atomic E-state index is 0.00917. The lowest BCUT2D eigenvalue weighted by Gasteiger charge is -2.40. The molecule has 0 spiro atoms. The number of piperazine rings is 1. The summed E-state index contributed by atoms with van der Waals surface area (Å²) >= 11 is 0. The van der Waals surface area contributed by atoms with Crippen molar-refractivity contribution in [3.63, 3.8) is 0 Å². The van der Waals surface area contributed by atoms with E-state index in [1.807, 2.05) is 4.68 Å². The number of aryl methyl sites for hydroxylation is 2. The van der Waals surface area contributed by atoms with E-state index in [2.05, 4.69) is 129 Å². The van der Waals surface area contributed by atoms with Gasteiger partial charge in [0.25, 0.3) is 0 Å². The van der Waals surface area contributed by atoms with Crippen molar-refractivity contribution in [2.24, 2.45) is 0 Å². The number of rotatable bonds is 8. The van der Waals surface area contributed by atoms with Crippen LogP contribution in [0.3, 0.4) is 0 Å². The Morgan fingerprint density at radius 2 is 1.46 bits per heavy atom. The first kappa shape index (κ1) is 23.1. The van der Waals surface area contributed by atoms with Gasteiger partial charge in [0.1, 0.15) is 0 Å². The molecule has 0 N–H and O–H groups in total. The van der Waals surface area contributed by atoms with Crippen molar-refractivity contribution in [3.8, 4) is 0 Å². The fourth-order valence-corrected chi connectivity index (χ4v) is 4.80. The summed E-state index contributed by atoms with van der Waals surface area (Å²) in [4.78, 5) is 7.11. The van der Waals surface area contributed by atoms with Crippen LogP contribution in [0.5, 0.6) is 0 Å². The number of para-hydroxylation sites is 1. The number of tetrazole rings is 1. The summed E-state index contributed by atoms with van der Waals surface area (Å²) in [6.07, 6.45) is 0.896. The molecule has 0 saturated carbocycles. The highest BCUT2D eigenvalue weighted by Crippen LogP contribution is 2.30. The summed E-state index contributed by atoms with van der Waals surface area (Å²) in [6.45, 7) is 4.59. The molecule has 1 aliphatic heterocycles. The van der Waals surface area contributed by atoms with Gasteiger partial charge in [0.15, 0.2) is 5.82 Å². The highest BCUT2D eigenvalue weighted by molar-refractivity contribution is 5.48. The van der Waals surface area contributed by atoms with Crippen molar-refractivity contribution in [2.75, 3.05) is 50.1 Å². The molecule has 1 atom stereocenters. The molecule has 0 radical (unpaired) electrons. The van der Waals surface area contributed by atoms with Gasteiger partial charge >= 0.3 is 0 Å². The molecule has 1 saturated heterocycles. The average molecular weight is 468 g/mol. The minimum atomic E-state index is 0.00917. The maximum atomic E-state index is 4.55. The van der Waals surface area contributed by atoms with E-state index >= 15 is 0 Å². The molecule has 0 amide bonds. The number of hydrogen-bond acceptors (Lipinski definition) is 6. The third-order valence-electron chi connectivity index (χ3n) is 6.79. The van der Waals surface area contributed by atoms with Gasteiger partial charge in [-0.05, 0) is 52.2 Å². The van der Waals surface area contributed by atoms with Crippen molar-refractivity contribution in [3.05, 3.63) is 102 Å². The van der Waals surface area contributed by atoms with Gasteiger partial charge in [0.05, 0.1) is 6.04 Å². The number of nitrogens with zero attached hydrogens (tertiary/aromatic N) is 7. The molecule has 7 nitrogen and oxygen atoms in total. The molecule has 1 aliphatic rings. The molecule has 4 aromatic rings. The van der Waals surface area contributed by atoms with E-state index in [0.717, 1.165) is 45.0 Å². The van der Waals surface area contributed by atoms with E-state index in [1.165, 1.54) is 22.5 Å². The van der Waals surface area contributed by atoms with Crippen molar-refractivity contribution >= 4 is 11.4 Å². The molecule has 1 fully saturated rings. The van der Waals surface area contributed by atoms with Crippen LogP contribution >= 0.6 is 0 Å². The normalized spacial score (nSPS) is 15.2. The van der Waals surface area contributed by atoms with Crippen molar-refractivity contribution in [1.82, 2.24) is 25.1 Å². The highest BCUT2D eigenvalue weighted by Gasteiger charge is 2.30. The van der Waals surface area contributed by atoms with Crippen LogP contribution in [0.2, 0.25) is 0 Å². The zero-order valence-corrected chi connectivity index (χ0v) is 20.5. The zero-order valence-electron chi connectivity index (χ0n) is 20.5. The zero-order chi connectivity index (χ0) is 24.0. The third-order valence-corrected chi connectivity index (χ3v) is 6.79. The first-order valence-electron chi connectivity index (χ1n) is 12.3. The Bertz CT molecular complexity index is 1180. The first-order chi connectivity index (χ1) is 17.2. The van der Waals surface area contributed by atoms with E-state index in [4.69, 9.17) is 0 Å². The van der Waals surface area contributed by atoms with Crippen molar-refractivity contribution in [2.45, 2.75) is 19.0 Å². The molecule has 5 rings (SSSR count). The van der Waals surface area contributed by atoms with Gasteiger partial charge in [-0.1, -0.05) is 60.7 Å². The number of hydrogen-bond donors (Lipinski definition) is 0. The predicted octanol–water partition coefficient (Wildman–Crippen LogP) is 3.89. The van der Waals surface area contributed by atoms with Gasteiger partial charge < -0.3 is 9.80 Å². The monoisotopic (exact) mass is 467 g/mol. The topological polar surface area (TPSA) is 53.3 Å². The Labute approximate surface area is 207 Å². The van der Waals surface area contributed by atoms with E-state index < -0.39 is 0 Å². The van der Waals surface area contributed by atoms with Crippen molar-refractivity contribution in [1.29, 1.82) is 0 Å². The van der Waals surface area contributed by atoms with Gasteiger partial charge in [-0.3, -0.25) is 4.90 Å². The van der Waals surface area contributed by atoms with Gasteiger partial charge in [-0.2, -0.15) is 0 Å². The lowest BCUT2D eigenvalue weighted by atomic mass is 10.0. The van der Waals surface area contributed by atoms with Crippen LogP contribution < -0.4 is 9.80 Å². The smallest absolute Gasteiger partial charge is 0.173 e. The molecular weight excluding hydrogens is 434 g/mol. The molecule has 2 heterocycles. The Morgan fingerprint density at radius 3 is 2.11 bits per heavy atom. The minimum Gasteiger partial charge on any atom is -0.378 e. The van der Waals surface area contributed by atoms with Gasteiger partial charge in [0.2, 0.25) is 0 Å². The van der Waals surface area contributed by atoms with Gasteiger partial charge in [-0.15, -0.1) is 5.10 Å². The maximum absolute atomic E-state index is 4.55. The van der Waals surface area contributed by atoms with Crippen LogP contribution in [0.1, 0.15) is 23.0 Å². The second kappa shape index (κ2) is 10.7. The Morgan fingerprint density at radius 1 is 0.800 bits per heavy atom. The van der Waals surface area contributed by atoms with Gasteiger partial charge in [-0.25, -0.2) is 4.68 Å². The first-order valence-corrected chi connectivity index (χ1v) is 12.3. The Hall–Kier alpha value is -3.71. The van der Waals surface area contributed by atoms with Crippen LogP contribution in [-0.2, 0) is 13.0 Å². The molecule has 0 aliphatic carbocycles. The maximum Gasteiger partial charge on any atom is 0.173 e. The van der Waals surface area contributed by atoms with Crippen LogP contribution in [0, 0.1) is 0 Å². The van der Waals surface area contributed by atoms with E-state index in [9.17, 15) is 0 Å². The summed E-state index contributed by atoms with van der Waals surface area (Å²) in [6, 6.07) is 30.0. The Balaban J connectivity index is 1.40. The second-order valence-electron chi connectivity index (χ2n) is 9.24. The summed E-state index contributed by atoms with van der Waals surface area (Å²) in [5.74, 6) is 0.909. The number of aromatic nitrogens is 4. The van der Waals surface area contributed by atoms with Gasteiger partial charge in [0, 0.05) is 58.2 Å². The molecule has 1 unspecified atom stereocenters. The molecular formula is C28H33N7. The second-order valence-corrected chi connectivity index (χ2v) is 9.24. The molecule has 7 heteroatoms. The fourth-order valence-electron chi connectivity index (χ4n) is 4.80. The average Bonchev–Trinajstić information content (AvgIpc) is 3.37. The lowest BCUT2D eigenvalue weighted by molar-refractivity contribution is 0.200. The van der Waals surface area contributed by atoms with E-state index in [0.29, 0.717) is 0 Å². The van der Waals surface area contributed by atoms with E-state index in [1.54, 1.807) is 0 Å². The molecule has 0 bridgehead atoms. The largest absolute Gasteiger partial charge is 0.378 e. The molecule has 1 aromatic heterocycles. The van der Waals surface area contributed by atoms with Crippen LogP contribution in [0.4, 0.5) is 11.4 Å². The quantitative estimate of drug-likeness (QED) is 0.392. The number of anilines is 2. The fraction of sp³-hybridized carbons (Fsp3) is 0.321. The lowest BCUT2D eigenvalue weighted by Crippen LogP contribution is -2.48. The van der Waals surface area contributed by atoms with E-state index in [-0.39, 0.29) is 6.04 Å². The summed E-state index contributed by atoms with van der Waals surface area (Å²) in [7, 11) is 4.14. The standard InChI is InChI=1S/C28H33N7/c1-32(2)25-15-13-24(14-16-25)27(34-21-19-33(20-22-34)26-11-7-4-8-12-26)28-29-30-31-35(28)18-17-23-9-5-3-6-10-23/h3-16,27H,17-22H2,1-2H3. The molecule has 180 valence electrons. The molecule has 35 heavy (non-hydrogen) atoms. The third kappa shape index (κ3) is 5.35. The summed E-state index contributed by atoms with van der Waals surface area (Å²) < 4.78 is 1.99. The number of benzene rings is 3. The summed E-state index contributed by atoms with van der Waals surface area (Å²) in [5, 5.41) is 13.0. The predicted molar refractivity (Wildman–Crippen MR) is 141 cm³/mol. The highest BCUT2D eigenvalue weighted by atomic mass is 15.6. The van der Waals surface area contributed by atoms with Crippen molar-refractivity contribution < 1.29 is 0 Å². The van der Waals surface area contributed by atoms with Crippen LogP contribution in [0.25, 0.3) is 0 Å². The van der Waals surface area contributed by atoms with Crippen LogP contribution in [-0.4, -0.2) is 65.4 Å². The SMILES string of the molecule is CN(C)c1ccc(C(c2nnnn2CCc2ccccc2)N2CCN(c3ccccc3)CC2)cc1. The van der Waals surface area contributed by atoms with Crippen LogP contribution in [0.15, 0.2) is 84.9 Å². The summed E-state index contributed by atoms with van der Waals surface area (Å²) in [5.41, 5.74) is 4.98. The Kier molecular flexibility index (Phi) is 7.04. The molecule has 3 aromatic carbocycles.